The number of nitrogens with zero attached hydrogens (tertiary/aromatic N) is 1. The lowest BCUT2D eigenvalue weighted by Gasteiger charge is -2.36. The molecule has 0 radical (unpaired) electrons. The summed E-state index contributed by atoms with van der Waals surface area (Å²) in [5.41, 5.74) is 5.54. The maximum atomic E-state index is 14.1. The van der Waals surface area contributed by atoms with Crippen molar-refractivity contribution in [2.45, 2.75) is 12.6 Å². The lowest BCUT2D eigenvalue weighted by atomic mass is 10.1. The molecule has 1 unspecified atom stereocenters. The number of halogens is 2. The molecule has 1 aliphatic rings. The van der Waals surface area contributed by atoms with Crippen LogP contribution in [0.25, 0.3) is 0 Å². The summed E-state index contributed by atoms with van der Waals surface area (Å²) in [4.78, 5) is 13.2. The van der Waals surface area contributed by atoms with E-state index in [1.165, 1.54) is 24.1 Å². The molecule has 1 aromatic carbocycles. The van der Waals surface area contributed by atoms with Crippen LogP contribution >= 0.6 is 0 Å². The maximum Gasteiger partial charge on any atom is 0.244 e. The molecule has 20 heavy (non-hydrogen) atoms. The van der Waals surface area contributed by atoms with E-state index in [-0.39, 0.29) is 31.3 Å². The molecule has 1 atom stereocenters. The van der Waals surface area contributed by atoms with Crippen molar-refractivity contribution in [1.29, 1.82) is 0 Å². The molecule has 0 saturated carbocycles. The van der Waals surface area contributed by atoms with E-state index in [0.29, 0.717) is 12.2 Å². The third kappa shape index (κ3) is 2.73. The van der Waals surface area contributed by atoms with Gasteiger partial charge in [-0.25, -0.2) is 8.78 Å². The van der Waals surface area contributed by atoms with Crippen LogP contribution < -0.4 is 16.0 Å². The lowest BCUT2D eigenvalue weighted by molar-refractivity contribution is -0.124. The first-order valence-corrected chi connectivity index (χ1v) is 6.32. The van der Waals surface area contributed by atoms with Gasteiger partial charge in [0, 0.05) is 20.1 Å². The minimum absolute atomic E-state index is 0.0517. The molecule has 1 heterocycles. The number of carbonyl (C=O) groups excluding carboxylic acids is 1. The van der Waals surface area contributed by atoms with Gasteiger partial charge >= 0.3 is 0 Å². The van der Waals surface area contributed by atoms with Gasteiger partial charge in [0.2, 0.25) is 5.91 Å². The van der Waals surface area contributed by atoms with Gasteiger partial charge in [-0.05, 0) is 17.7 Å². The van der Waals surface area contributed by atoms with Gasteiger partial charge in [-0.3, -0.25) is 4.79 Å². The van der Waals surface area contributed by atoms with Crippen LogP contribution in [0.15, 0.2) is 12.1 Å². The van der Waals surface area contributed by atoms with Gasteiger partial charge < -0.3 is 20.7 Å². The van der Waals surface area contributed by atoms with E-state index in [1.807, 2.05) is 0 Å². The first kappa shape index (κ1) is 14.7. The Morgan fingerprint density at radius 1 is 1.50 bits per heavy atom. The van der Waals surface area contributed by atoms with E-state index in [2.05, 4.69) is 5.32 Å². The fourth-order valence-corrected chi connectivity index (χ4v) is 2.27. The van der Waals surface area contributed by atoms with Crippen molar-refractivity contribution >= 4 is 11.6 Å². The summed E-state index contributed by atoms with van der Waals surface area (Å²) in [6.07, 6.45) is 0. The van der Waals surface area contributed by atoms with Crippen LogP contribution in [0.4, 0.5) is 14.5 Å². The van der Waals surface area contributed by atoms with Gasteiger partial charge in [-0.2, -0.15) is 0 Å². The number of hydrogen-bond donors (Lipinski definition) is 2. The van der Waals surface area contributed by atoms with Gasteiger partial charge in [-0.15, -0.1) is 0 Å². The average molecular weight is 285 g/mol. The molecule has 2 rings (SSSR count). The van der Waals surface area contributed by atoms with Crippen molar-refractivity contribution in [1.82, 2.24) is 5.32 Å². The van der Waals surface area contributed by atoms with Crippen LogP contribution in [0.1, 0.15) is 5.56 Å². The molecule has 1 amide bonds. The van der Waals surface area contributed by atoms with Crippen molar-refractivity contribution < 1.29 is 18.3 Å². The normalized spacial score (nSPS) is 19.0. The molecule has 3 N–H and O–H groups in total. The van der Waals surface area contributed by atoms with E-state index in [1.54, 1.807) is 0 Å². The van der Waals surface area contributed by atoms with Crippen molar-refractivity contribution in [3.63, 3.8) is 0 Å². The molecule has 0 spiro atoms. The third-order valence-electron chi connectivity index (χ3n) is 3.28. The van der Waals surface area contributed by atoms with E-state index in [9.17, 15) is 13.6 Å². The van der Waals surface area contributed by atoms with Gasteiger partial charge in [0.1, 0.15) is 23.4 Å². The molecule has 1 aliphatic heterocycles. The lowest BCUT2D eigenvalue weighted by Crippen LogP contribution is -2.54. The predicted molar refractivity (Wildman–Crippen MR) is 70.3 cm³/mol. The van der Waals surface area contributed by atoms with Crippen molar-refractivity contribution in [3.05, 3.63) is 29.3 Å². The summed E-state index contributed by atoms with van der Waals surface area (Å²) in [5, 5.41) is 2.47. The number of nitrogens with two attached hydrogens (primary N) is 1. The molecule has 1 aromatic rings. The SMILES string of the molecule is CNC(=O)C1COCCN1c1c(F)cc(CN)cc1F. The summed E-state index contributed by atoms with van der Waals surface area (Å²) >= 11 is 0. The van der Waals surface area contributed by atoms with E-state index in [4.69, 9.17) is 10.5 Å². The van der Waals surface area contributed by atoms with Crippen LogP contribution in [0.2, 0.25) is 0 Å². The smallest absolute Gasteiger partial charge is 0.244 e. The van der Waals surface area contributed by atoms with Gasteiger partial charge in [0.25, 0.3) is 0 Å². The number of carbonyl (C=O) groups is 1. The van der Waals surface area contributed by atoms with Crippen molar-refractivity contribution in [2.24, 2.45) is 5.73 Å². The zero-order valence-corrected chi connectivity index (χ0v) is 11.2. The first-order valence-electron chi connectivity index (χ1n) is 6.32. The average Bonchev–Trinajstić information content (AvgIpc) is 2.46. The Morgan fingerprint density at radius 3 is 2.70 bits per heavy atom. The number of anilines is 1. The molecular weight excluding hydrogens is 268 g/mol. The molecule has 0 aromatic heterocycles. The Morgan fingerprint density at radius 2 is 2.15 bits per heavy atom. The minimum atomic E-state index is -0.749. The fraction of sp³-hybridized carbons (Fsp3) is 0.462. The van der Waals surface area contributed by atoms with Gasteiger partial charge in [0.15, 0.2) is 0 Å². The molecule has 1 saturated heterocycles. The number of hydrogen-bond acceptors (Lipinski definition) is 4. The number of likely N-dealkylation sites (N-methyl/N-ethyl adjacent to an activating group) is 1. The van der Waals surface area contributed by atoms with E-state index < -0.39 is 17.7 Å². The molecule has 5 nitrogen and oxygen atoms in total. The second-order valence-electron chi connectivity index (χ2n) is 4.51. The number of ether oxygens (including phenoxy) is 1. The summed E-state index contributed by atoms with van der Waals surface area (Å²) < 4.78 is 33.4. The van der Waals surface area contributed by atoms with Crippen LogP contribution in [-0.2, 0) is 16.1 Å². The molecule has 0 bridgehead atoms. The summed E-state index contributed by atoms with van der Waals surface area (Å²) in [6.45, 7) is 0.701. The Balaban J connectivity index is 2.40. The Labute approximate surface area is 115 Å². The van der Waals surface area contributed by atoms with E-state index >= 15 is 0 Å². The summed E-state index contributed by atoms with van der Waals surface area (Å²) in [5.74, 6) is -1.78. The number of nitrogens with one attached hydrogen (secondary N) is 1. The summed E-state index contributed by atoms with van der Waals surface area (Å²) in [7, 11) is 1.47. The van der Waals surface area contributed by atoms with Crippen LogP contribution in [0.3, 0.4) is 0 Å². The zero-order valence-electron chi connectivity index (χ0n) is 11.2. The number of rotatable bonds is 3. The molecule has 7 heteroatoms. The molecule has 0 aliphatic carbocycles. The van der Waals surface area contributed by atoms with Crippen LogP contribution in [-0.4, -0.2) is 38.8 Å². The highest BCUT2D eigenvalue weighted by atomic mass is 19.1. The minimum Gasteiger partial charge on any atom is -0.377 e. The number of morpholine rings is 1. The van der Waals surface area contributed by atoms with Crippen molar-refractivity contribution in [2.75, 3.05) is 31.7 Å². The highest BCUT2D eigenvalue weighted by Gasteiger charge is 2.32. The van der Waals surface area contributed by atoms with Crippen molar-refractivity contribution in [3.8, 4) is 0 Å². The molecule has 1 fully saturated rings. The first-order chi connectivity index (χ1) is 9.58. The van der Waals surface area contributed by atoms with Crippen LogP contribution in [0.5, 0.6) is 0 Å². The van der Waals surface area contributed by atoms with E-state index in [0.717, 1.165) is 0 Å². The van der Waals surface area contributed by atoms with Crippen LogP contribution in [0, 0.1) is 11.6 Å². The Hall–Kier alpha value is -1.73. The quantitative estimate of drug-likeness (QED) is 0.842. The zero-order chi connectivity index (χ0) is 14.7. The Bertz CT molecular complexity index is 487. The largest absolute Gasteiger partial charge is 0.377 e. The third-order valence-corrected chi connectivity index (χ3v) is 3.28. The standard InChI is InChI=1S/C13H17F2N3O2/c1-17-13(19)11-7-20-3-2-18(11)12-9(14)4-8(6-16)5-10(12)15/h4-5,11H,2-3,6-7,16H2,1H3,(H,17,19). The van der Waals surface area contributed by atoms with Gasteiger partial charge in [0.05, 0.1) is 13.2 Å². The fourth-order valence-electron chi connectivity index (χ4n) is 2.27. The number of amides is 1. The highest BCUT2D eigenvalue weighted by Crippen LogP contribution is 2.28. The molecular formula is C13H17F2N3O2. The summed E-state index contributed by atoms with van der Waals surface area (Å²) in [6, 6.07) is 1.63. The van der Waals surface area contributed by atoms with Gasteiger partial charge in [-0.1, -0.05) is 0 Å². The Kier molecular flexibility index (Phi) is 4.51. The second-order valence-corrected chi connectivity index (χ2v) is 4.51. The topological polar surface area (TPSA) is 67.6 Å². The second kappa shape index (κ2) is 6.15. The predicted octanol–water partition coefficient (Wildman–Crippen LogP) is 0.375. The highest BCUT2D eigenvalue weighted by molar-refractivity contribution is 5.85. The monoisotopic (exact) mass is 285 g/mol. The maximum absolute atomic E-state index is 14.1. The molecule has 110 valence electrons. The number of benzene rings is 1.